The second-order valence-electron chi connectivity index (χ2n) is 4.32. The van der Waals surface area contributed by atoms with E-state index in [1.54, 1.807) is 23.7 Å². The molecule has 0 aliphatic carbocycles. The summed E-state index contributed by atoms with van der Waals surface area (Å²) in [4.78, 5) is 16.2. The zero-order valence-electron chi connectivity index (χ0n) is 10.9. The Morgan fingerprint density at radius 3 is 3.00 bits per heavy atom. The lowest BCUT2D eigenvalue weighted by molar-refractivity contribution is 0.666. The molecule has 3 heterocycles. The summed E-state index contributed by atoms with van der Waals surface area (Å²) >= 11 is 1.63. The Morgan fingerprint density at radius 1 is 1.20 bits per heavy atom. The molecule has 5 nitrogen and oxygen atoms in total. The van der Waals surface area contributed by atoms with Crippen LogP contribution in [-0.2, 0) is 13.0 Å². The van der Waals surface area contributed by atoms with Crippen LogP contribution in [0.15, 0.2) is 42.2 Å². The van der Waals surface area contributed by atoms with Crippen molar-refractivity contribution in [2.75, 3.05) is 6.54 Å². The van der Waals surface area contributed by atoms with Crippen molar-refractivity contribution in [2.24, 2.45) is 0 Å². The van der Waals surface area contributed by atoms with Crippen LogP contribution in [0.5, 0.6) is 0 Å². The maximum atomic E-state index is 4.59. The smallest absolute Gasteiger partial charge is 0.142 e. The van der Waals surface area contributed by atoms with Gasteiger partial charge in [-0.3, -0.25) is 4.98 Å². The predicted octanol–water partition coefficient (Wildman–Crippen LogP) is 2.26. The van der Waals surface area contributed by atoms with Crippen molar-refractivity contribution in [1.82, 2.24) is 25.3 Å². The SMILES string of the molecule is c1ccc(-c2nc(CNCCc3ncc[nH]3)cs2)nc1. The lowest BCUT2D eigenvalue weighted by atomic mass is 10.3. The van der Waals surface area contributed by atoms with Crippen LogP contribution in [0.2, 0.25) is 0 Å². The van der Waals surface area contributed by atoms with Crippen LogP contribution >= 0.6 is 11.3 Å². The summed E-state index contributed by atoms with van der Waals surface area (Å²) in [5.74, 6) is 1.00. The Kier molecular flexibility index (Phi) is 4.15. The number of H-pyrrole nitrogens is 1. The number of aromatic nitrogens is 4. The van der Waals surface area contributed by atoms with Crippen molar-refractivity contribution in [3.63, 3.8) is 0 Å². The van der Waals surface area contributed by atoms with Crippen LogP contribution in [-0.4, -0.2) is 26.5 Å². The second-order valence-corrected chi connectivity index (χ2v) is 5.18. The van der Waals surface area contributed by atoms with Gasteiger partial charge in [0.25, 0.3) is 0 Å². The summed E-state index contributed by atoms with van der Waals surface area (Å²) in [6.45, 7) is 1.65. The number of hydrogen-bond donors (Lipinski definition) is 2. The minimum absolute atomic E-state index is 0.768. The summed E-state index contributed by atoms with van der Waals surface area (Å²) in [7, 11) is 0. The molecule has 3 aromatic heterocycles. The van der Waals surface area contributed by atoms with Crippen LogP contribution in [0.4, 0.5) is 0 Å². The van der Waals surface area contributed by atoms with Gasteiger partial charge in [0.1, 0.15) is 10.8 Å². The van der Waals surface area contributed by atoms with E-state index in [1.807, 2.05) is 24.4 Å². The van der Waals surface area contributed by atoms with Crippen molar-refractivity contribution in [1.29, 1.82) is 0 Å². The van der Waals surface area contributed by atoms with Gasteiger partial charge in [-0.2, -0.15) is 0 Å². The molecule has 0 radical (unpaired) electrons. The third-order valence-electron chi connectivity index (χ3n) is 2.84. The number of nitrogens with zero attached hydrogens (tertiary/aromatic N) is 3. The van der Waals surface area contributed by atoms with E-state index in [2.05, 4.69) is 30.6 Å². The molecule has 0 spiro atoms. The maximum absolute atomic E-state index is 4.59. The summed E-state index contributed by atoms with van der Waals surface area (Å²) in [6.07, 6.45) is 6.30. The van der Waals surface area contributed by atoms with Crippen LogP contribution in [0.3, 0.4) is 0 Å². The van der Waals surface area contributed by atoms with Gasteiger partial charge in [-0.25, -0.2) is 9.97 Å². The Bertz CT molecular complexity index is 633. The van der Waals surface area contributed by atoms with E-state index in [0.717, 1.165) is 41.7 Å². The highest BCUT2D eigenvalue weighted by atomic mass is 32.1. The molecule has 0 amide bonds. The number of nitrogens with one attached hydrogen (secondary N) is 2. The van der Waals surface area contributed by atoms with Gasteiger partial charge in [0.15, 0.2) is 0 Å². The fourth-order valence-electron chi connectivity index (χ4n) is 1.85. The Morgan fingerprint density at radius 2 is 2.20 bits per heavy atom. The number of aromatic amines is 1. The van der Waals surface area contributed by atoms with Gasteiger partial charge < -0.3 is 10.3 Å². The van der Waals surface area contributed by atoms with E-state index in [0.29, 0.717) is 0 Å². The van der Waals surface area contributed by atoms with Gasteiger partial charge >= 0.3 is 0 Å². The van der Waals surface area contributed by atoms with Crippen molar-refractivity contribution in [2.45, 2.75) is 13.0 Å². The molecule has 2 N–H and O–H groups in total. The zero-order chi connectivity index (χ0) is 13.6. The molecule has 0 atom stereocenters. The number of imidazole rings is 1. The molecule has 0 aliphatic heterocycles. The highest BCUT2D eigenvalue weighted by Crippen LogP contribution is 2.20. The first-order valence-electron chi connectivity index (χ1n) is 6.46. The first kappa shape index (κ1) is 13.0. The Labute approximate surface area is 121 Å². The molecule has 0 aromatic carbocycles. The van der Waals surface area contributed by atoms with Crippen molar-refractivity contribution >= 4 is 11.3 Å². The topological polar surface area (TPSA) is 66.5 Å². The molecule has 0 bridgehead atoms. The average Bonchev–Trinajstić information content (AvgIpc) is 3.16. The highest BCUT2D eigenvalue weighted by molar-refractivity contribution is 7.13. The van der Waals surface area contributed by atoms with Crippen LogP contribution in [0.1, 0.15) is 11.5 Å². The molecular formula is C14H15N5S. The minimum atomic E-state index is 0.768. The highest BCUT2D eigenvalue weighted by Gasteiger charge is 2.05. The summed E-state index contributed by atoms with van der Waals surface area (Å²) in [5, 5.41) is 6.41. The molecule has 0 aliphatic rings. The van der Waals surface area contributed by atoms with Crippen molar-refractivity contribution in [3.05, 3.63) is 53.7 Å². The van der Waals surface area contributed by atoms with Gasteiger partial charge in [0.05, 0.1) is 11.4 Å². The molecule has 20 heavy (non-hydrogen) atoms. The van der Waals surface area contributed by atoms with Gasteiger partial charge in [-0.05, 0) is 12.1 Å². The molecular weight excluding hydrogens is 270 g/mol. The monoisotopic (exact) mass is 285 g/mol. The predicted molar refractivity (Wildman–Crippen MR) is 79.3 cm³/mol. The number of rotatable bonds is 6. The van der Waals surface area contributed by atoms with E-state index in [4.69, 9.17) is 0 Å². The fraction of sp³-hybridized carbons (Fsp3) is 0.214. The van der Waals surface area contributed by atoms with E-state index in [1.165, 1.54) is 0 Å². The maximum Gasteiger partial charge on any atom is 0.142 e. The van der Waals surface area contributed by atoms with Crippen molar-refractivity contribution in [3.8, 4) is 10.7 Å². The second kappa shape index (κ2) is 6.40. The third-order valence-corrected chi connectivity index (χ3v) is 3.75. The van der Waals surface area contributed by atoms with Gasteiger partial charge in [0, 0.05) is 43.5 Å². The first-order valence-corrected chi connectivity index (χ1v) is 7.34. The molecule has 3 rings (SSSR count). The Hall–Kier alpha value is -2.05. The van der Waals surface area contributed by atoms with Gasteiger partial charge in [-0.1, -0.05) is 6.07 Å². The zero-order valence-corrected chi connectivity index (χ0v) is 11.7. The minimum Gasteiger partial charge on any atom is -0.349 e. The molecule has 0 fully saturated rings. The third kappa shape index (κ3) is 3.28. The molecule has 0 unspecified atom stereocenters. The van der Waals surface area contributed by atoms with Crippen LogP contribution in [0.25, 0.3) is 10.7 Å². The summed E-state index contributed by atoms with van der Waals surface area (Å²) < 4.78 is 0. The lowest BCUT2D eigenvalue weighted by Crippen LogP contribution is -2.17. The standard InChI is InChI=1S/C14H15N5S/c1-2-5-16-12(3-1)14-19-11(10-20-14)9-15-6-4-13-17-7-8-18-13/h1-3,5,7-8,10,15H,4,6,9H2,(H,17,18). The molecule has 0 saturated carbocycles. The van der Waals surface area contributed by atoms with Crippen molar-refractivity contribution < 1.29 is 0 Å². The van der Waals surface area contributed by atoms with E-state index in [9.17, 15) is 0 Å². The summed E-state index contributed by atoms with van der Waals surface area (Å²) in [6, 6.07) is 5.87. The van der Waals surface area contributed by atoms with Crippen LogP contribution in [0, 0.1) is 0 Å². The molecule has 3 aromatic rings. The number of pyridine rings is 1. The van der Waals surface area contributed by atoms with Gasteiger partial charge in [0.2, 0.25) is 0 Å². The lowest BCUT2D eigenvalue weighted by Gasteiger charge is -2.00. The van der Waals surface area contributed by atoms with E-state index in [-0.39, 0.29) is 0 Å². The number of thiazole rings is 1. The average molecular weight is 285 g/mol. The Balaban J connectivity index is 1.50. The quantitative estimate of drug-likeness (QED) is 0.682. The van der Waals surface area contributed by atoms with Gasteiger partial charge in [-0.15, -0.1) is 11.3 Å². The fourth-order valence-corrected chi connectivity index (χ4v) is 2.65. The first-order chi connectivity index (χ1) is 9.92. The molecule has 102 valence electrons. The van der Waals surface area contributed by atoms with Crippen LogP contribution < -0.4 is 5.32 Å². The van der Waals surface area contributed by atoms with E-state index >= 15 is 0 Å². The largest absolute Gasteiger partial charge is 0.349 e. The normalized spacial score (nSPS) is 10.8. The van der Waals surface area contributed by atoms with E-state index < -0.39 is 0 Å². The molecule has 0 saturated heterocycles. The number of hydrogen-bond acceptors (Lipinski definition) is 5. The molecule has 6 heteroatoms. The summed E-state index contributed by atoms with van der Waals surface area (Å²) in [5.41, 5.74) is 1.98.